The van der Waals surface area contributed by atoms with Gasteiger partial charge < -0.3 is 5.11 Å². The molecule has 1 unspecified atom stereocenters. The van der Waals surface area contributed by atoms with E-state index in [9.17, 15) is 5.11 Å². The van der Waals surface area contributed by atoms with Crippen LogP contribution in [0, 0.1) is 11.8 Å². The van der Waals surface area contributed by atoms with Gasteiger partial charge in [0.05, 0.1) is 5.60 Å². The third kappa shape index (κ3) is 3.77. The minimum atomic E-state index is -0.668. The number of hydrogen-bond donors (Lipinski definition) is 1. The average Bonchev–Trinajstić information content (AvgIpc) is 3.35. The molecular weight excluding hydrogens is 368 g/mol. The van der Waals surface area contributed by atoms with Gasteiger partial charge in [-0.25, -0.2) is 0 Å². The molecule has 3 heteroatoms. The summed E-state index contributed by atoms with van der Waals surface area (Å²) >= 11 is 0. The van der Waals surface area contributed by atoms with Gasteiger partial charge >= 0.3 is 0 Å². The average molecular weight is 401 g/mol. The van der Waals surface area contributed by atoms with Gasteiger partial charge in [-0.15, -0.1) is 0 Å². The van der Waals surface area contributed by atoms with Crippen LogP contribution < -0.4 is 0 Å². The van der Waals surface area contributed by atoms with Crippen molar-refractivity contribution < 1.29 is 5.11 Å². The second-order valence-electron chi connectivity index (χ2n) is 9.28. The molecule has 5 rings (SSSR count). The van der Waals surface area contributed by atoms with E-state index in [4.69, 9.17) is 0 Å². The minimum Gasteiger partial charge on any atom is -0.385 e. The normalized spacial score (nSPS) is 21.1. The summed E-state index contributed by atoms with van der Waals surface area (Å²) in [5.41, 5.74) is 1.82. The quantitative estimate of drug-likeness (QED) is 0.612. The maximum Gasteiger partial charge on any atom is 0.0953 e. The molecule has 1 aromatic heterocycles. The Morgan fingerprint density at radius 2 is 1.60 bits per heavy atom. The highest BCUT2D eigenvalue weighted by atomic mass is 16.3. The number of hydrogen-bond acceptors (Lipinski definition) is 3. The minimum absolute atomic E-state index is 0.347. The van der Waals surface area contributed by atoms with Crippen LogP contribution in [-0.2, 0) is 12.1 Å². The van der Waals surface area contributed by atoms with Gasteiger partial charge in [-0.05, 0) is 79.3 Å². The van der Waals surface area contributed by atoms with E-state index in [0.717, 1.165) is 50.9 Å². The molecule has 0 spiro atoms. The number of fused-ring (bicyclic) bond motifs is 1. The fourth-order valence-electron chi connectivity index (χ4n) is 5.90. The molecule has 3 aromatic rings. The second kappa shape index (κ2) is 8.49. The van der Waals surface area contributed by atoms with Crippen molar-refractivity contribution in [3.05, 3.63) is 78.1 Å². The summed E-state index contributed by atoms with van der Waals surface area (Å²) in [7, 11) is 0. The summed E-state index contributed by atoms with van der Waals surface area (Å²) in [6, 6.07) is 19.3. The molecule has 30 heavy (non-hydrogen) atoms. The standard InChI is InChI=1S/C27H32N2O/c30-27(25-8-4-5-9-25,24-6-2-1-3-7-24)26-13-16-29(17-14-26)20-21-10-11-22-12-15-28-19-23(22)18-21/h1-3,6-7,10-12,15,18-19,25-26,30H,4-5,8-9,13-14,16-17,20H2. The first-order valence-electron chi connectivity index (χ1n) is 11.6. The molecule has 2 fully saturated rings. The summed E-state index contributed by atoms with van der Waals surface area (Å²) in [6.07, 6.45) is 10.8. The Hall–Kier alpha value is -2.23. The largest absolute Gasteiger partial charge is 0.385 e. The first kappa shape index (κ1) is 19.7. The fraction of sp³-hybridized carbons (Fsp3) is 0.444. The maximum atomic E-state index is 12.1. The lowest BCUT2D eigenvalue weighted by molar-refractivity contribution is -0.0938. The van der Waals surface area contributed by atoms with Gasteiger partial charge in [0.25, 0.3) is 0 Å². The Morgan fingerprint density at radius 1 is 0.867 bits per heavy atom. The number of aliphatic hydroxyl groups is 1. The molecule has 156 valence electrons. The predicted octanol–water partition coefficient (Wildman–Crippen LogP) is 5.52. The summed E-state index contributed by atoms with van der Waals surface area (Å²) < 4.78 is 0. The Balaban J connectivity index is 1.29. The smallest absolute Gasteiger partial charge is 0.0953 e. The molecule has 1 saturated heterocycles. The van der Waals surface area contributed by atoms with Crippen molar-refractivity contribution in [1.82, 2.24) is 9.88 Å². The molecule has 2 aromatic carbocycles. The van der Waals surface area contributed by atoms with Crippen molar-refractivity contribution in [3.63, 3.8) is 0 Å². The number of rotatable bonds is 5. The molecule has 0 radical (unpaired) electrons. The van der Waals surface area contributed by atoms with Crippen LogP contribution in [0.5, 0.6) is 0 Å². The van der Waals surface area contributed by atoms with Gasteiger partial charge in [-0.3, -0.25) is 9.88 Å². The van der Waals surface area contributed by atoms with Crippen molar-refractivity contribution in [2.24, 2.45) is 11.8 Å². The highest BCUT2D eigenvalue weighted by Crippen LogP contribution is 2.48. The Kier molecular flexibility index (Phi) is 5.58. The molecule has 3 nitrogen and oxygen atoms in total. The number of nitrogens with zero attached hydrogens (tertiary/aromatic N) is 2. The highest BCUT2D eigenvalue weighted by Gasteiger charge is 2.46. The Bertz CT molecular complexity index is 974. The molecule has 1 atom stereocenters. The van der Waals surface area contributed by atoms with Crippen LogP contribution in [0.2, 0.25) is 0 Å². The van der Waals surface area contributed by atoms with E-state index in [1.807, 2.05) is 12.4 Å². The number of piperidine rings is 1. The second-order valence-corrected chi connectivity index (χ2v) is 9.28. The molecule has 2 heterocycles. The lowest BCUT2D eigenvalue weighted by atomic mass is 9.68. The zero-order chi connectivity index (χ0) is 20.4. The predicted molar refractivity (Wildman–Crippen MR) is 122 cm³/mol. The SMILES string of the molecule is OC(c1ccccc1)(C1CCCC1)C1CCN(Cc2ccc3ccncc3c2)CC1. The first-order chi connectivity index (χ1) is 14.7. The molecule has 2 aliphatic rings. The zero-order valence-electron chi connectivity index (χ0n) is 17.7. The highest BCUT2D eigenvalue weighted by molar-refractivity contribution is 5.81. The van der Waals surface area contributed by atoms with Crippen LogP contribution in [-0.4, -0.2) is 28.1 Å². The monoisotopic (exact) mass is 400 g/mol. The van der Waals surface area contributed by atoms with E-state index in [-0.39, 0.29) is 0 Å². The van der Waals surface area contributed by atoms with Gasteiger partial charge in [-0.2, -0.15) is 0 Å². The van der Waals surface area contributed by atoms with Gasteiger partial charge in [0.2, 0.25) is 0 Å². The molecule has 1 N–H and O–H groups in total. The lowest BCUT2D eigenvalue weighted by Crippen LogP contribution is -2.47. The fourth-order valence-corrected chi connectivity index (χ4v) is 5.90. The van der Waals surface area contributed by atoms with Crippen LogP contribution in [0.25, 0.3) is 10.8 Å². The number of aromatic nitrogens is 1. The molecule has 1 aliphatic heterocycles. The van der Waals surface area contributed by atoms with Gasteiger partial charge in [-0.1, -0.05) is 55.3 Å². The van der Waals surface area contributed by atoms with Crippen molar-refractivity contribution in [2.45, 2.75) is 50.7 Å². The maximum absolute atomic E-state index is 12.1. The third-order valence-electron chi connectivity index (χ3n) is 7.53. The lowest BCUT2D eigenvalue weighted by Gasteiger charge is -2.45. The van der Waals surface area contributed by atoms with Crippen LogP contribution in [0.4, 0.5) is 0 Å². The van der Waals surface area contributed by atoms with E-state index < -0.39 is 5.60 Å². The van der Waals surface area contributed by atoms with Crippen LogP contribution in [0.3, 0.4) is 0 Å². The summed E-state index contributed by atoms with van der Waals surface area (Å²) in [5, 5.41) is 14.5. The number of pyridine rings is 1. The van der Waals surface area contributed by atoms with E-state index in [1.165, 1.54) is 29.2 Å². The van der Waals surface area contributed by atoms with E-state index in [0.29, 0.717) is 11.8 Å². The van der Waals surface area contributed by atoms with Crippen LogP contribution in [0.1, 0.15) is 49.7 Å². The van der Waals surface area contributed by atoms with Crippen molar-refractivity contribution in [2.75, 3.05) is 13.1 Å². The van der Waals surface area contributed by atoms with Crippen molar-refractivity contribution in [3.8, 4) is 0 Å². The van der Waals surface area contributed by atoms with Gasteiger partial charge in [0.1, 0.15) is 0 Å². The topological polar surface area (TPSA) is 36.4 Å². The Morgan fingerprint density at radius 3 is 2.37 bits per heavy atom. The zero-order valence-corrected chi connectivity index (χ0v) is 17.7. The van der Waals surface area contributed by atoms with Crippen molar-refractivity contribution in [1.29, 1.82) is 0 Å². The summed E-state index contributed by atoms with van der Waals surface area (Å²) in [4.78, 5) is 6.81. The van der Waals surface area contributed by atoms with Gasteiger partial charge in [0.15, 0.2) is 0 Å². The first-order valence-corrected chi connectivity index (χ1v) is 11.6. The third-order valence-corrected chi connectivity index (χ3v) is 7.53. The number of likely N-dealkylation sites (tertiary alicyclic amines) is 1. The van der Waals surface area contributed by atoms with Gasteiger partial charge in [0, 0.05) is 24.3 Å². The molecule has 1 saturated carbocycles. The van der Waals surface area contributed by atoms with E-state index >= 15 is 0 Å². The summed E-state index contributed by atoms with van der Waals surface area (Å²) in [5.74, 6) is 0.754. The molecule has 0 bridgehead atoms. The summed E-state index contributed by atoms with van der Waals surface area (Å²) in [6.45, 7) is 3.08. The molecule has 0 amide bonds. The molecular formula is C27H32N2O. The van der Waals surface area contributed by atoms with E-state index in [2.05, 4.69) is 64.5 Å². The molecule has 1 aliphatic carbocycles. The Labute approximate surface area is 179 Å². The van der Waals surface area contributed by atoms with Crippen molar-refractivity contribution >= 4 is 10.8 Å². The van der Waals surface area contributed by atoms with Crippen LogP contribution >= 0.6 is 0 Å². The van der Waals surface area contributed by atoms with Crippen LogP contribution in [0.15, 0.2) is 67.0 Å². The van der Waals surface area contributed by atoms with E-state index in [1.54, 1.807) is 0 Å². The number of benzene rings is 2.